The first-order chi connectivity index (χ1) is 12.2. The Morgan fingerprint density at radius 3 is 2.96 bits per heavy atom. The van der Waals surface area contributed by atoms with Crippen LogP contribution in [0.1, 0.15) is 18.5 Å². The van der Waals surface area contributed by atoms with Gasteiger partial charge in [0, 0.05) is 24.5 Å². The molecule has 1 atom stereocenters. The fourth-order valence-corrected chi connectivity index (χ4v) is 2.96. The monoisotopic (exact) mass is 339 g/mol. The fraction of sp³-hybridized carbons (Fsp3) is 0.333. The zero-order valence-electron chi connectivity index (χ0n) is 13.9. The molecule has 1 aromatic carbocycles. The summed E-state index contributed by atoms with van der Waals surface area (Å²) in [5.74, 6) is -0.807. The predicted octanol–water partition coefficient (Wildman–Crippen LogP) is 1.55. The van der Waals surface area contributed by atoms with Crippen molar-refractivity contribution in [3.8, 4) is 0 Å². The number of carbonyl (C=O) groups is 1. The second-order valence-corrected chi connectivity index (χ2v) is 6.07. The number of para-hydroxylation sites is 2. The maximum atomic E-state index is 10.9. The Morgan fingerprint density at radius 1 is 1.40 bits per heavy atom. The van der Waals surface area contributed by atoms with E-state index in [1.165, 1.54) is 6.20 Å². The maximum Gasteiger partial charge on any atom is 0.317 e. The molecule has 2 aromatic rings. The summed E-state index contributed by atoms with van der Waals surface area (Å²) in [6, 6.07) is 7.72. The van der Waals surface area contributed by atoms with Crippen LogP contribution in [0.15, 0.2) is 41.7 Å². The van der Waals surface area contributed by atoms with Gasteiger partial charge in [-0.25, -0.2) is 4.98 Å². The number of fused-ring (bicyclic) bond motifs is 1. The normalized spacial score (nSPS) is 19.5. The van der Waals surface area contributed by atoms with Crippen LogP contribution >= 0.6 is 0 Å². The molecule has 7 heteroatoms. The summed E-state index contributed by atoms with van der Waals surface area (Å²) < 4.78 is 0. The van der Waals surface area contributed by atoms with Crippen molar-refractivity contribution >= 4 is 28.8 Å². The Balaban J connectivity index is 1.72. The van der Waals surface area contributed by atoms with Crippen molar-refractivity contribution in [3.05, 3.63) is 42.4 Å². The van der Waals surface area contributed by atoms with Crippen molar-refractivity contribution < 1.29 is 9.90 Å². The molecule has 1 aliphatic heterocycles. The predicted molar refractivity (Wildman–Crippen MR) is 97.3 cm³/mol. The molecule has 1 aliphatic rings. The lowest BCUT2D eigenvalue weighted by Gasteiger charge is -2.29. The van der Waals surface area contributed by atoms with E-state index in [0.29, 0.717) is 17.8 Å². The van der Waals surface area contributed by atoms with Gasteiger partial charge in [0.15, 0.2) is 0 Å². The van der Waals surface area contributed by atoms with Crippen molar-refractivity contribution in [2.45, 2.75) is 18.9 Å². The smallest absolute Gasteiger partial charge is 0.317 e. The molecule has 2 heterocycles. The number of benzene rings is 1. The number of nitrogens with zero attached hydrogens (tertiary/aromatic N) is 4. The first-order valence-corrected chi connectivity index (χ1v) is 8.27. The lowest BCUT2D eigenvalue weighted by Crippen LogP contribution is -2.40. The zero-order chi connectivity index (χ0) is 17.6. The fourth-order valence-electron chi connectivity index (χ4n) is 2.96. The molecule has 25 heavy (non-hydrogen) atoms. The number of carboxylic acid groups (broad SMARTS) is 1. The largest absolute Gasteiger partial charge is 0.480 e. The first-order valence-electron chi connectivity index (χ1n) is 8.27. The van der Waals surface area contributed by atoms with Crippen LogP contribution in [0.2, 0.25) is 0 Å². The number of piperidine rings is 1. The third-order valence-electron chi connectivity index (χ3n) is 4.19. The maximum absolute atomic E-state index is 10.9. The van der Waals surface area contributed by atoms with Crippen LogP contribution in [0.4, 0.5) is 0 Å². The number of hydrogen-bond acceptors (Lipinski definition) is 6. The van der Waals surface area contributed by atoms with Crippen molar-refractivity contribution in [1.82, 2.24) is 14.9 Å². The Hall–Kier alpha value is -2.80. The standard InChI is InChI=1S/C18H21N5O2/c19-8-13(17-10-21-15-5-1-2-6-16(15)22-17)9-20-14-4-3-7-23(11-14)12-18(24)25/h1-2,5-6,8-10,14H,3-4,7,11-12,19H2,(H,24,25). The van der Waals surface area contributed by atoms with Gasteiger partial charge in [0.25, 0.3) is 0 Å². The van der Waals surface area contributed by atoms with Crippen LogP contribution in [-0.4, -0.2) is 57.8 Å². The van der Waals surface area contributed by atoms with Gasteiger partial charge in [-0.2, -0.15) is 0 Å². The second-order valence-electron chi connectivity index (χ2n) is 6.07. The van der Waals surface area contributed by atoms with E-state index in [0.717, 1.165) is 30.4 Å². The number of likely N-dealkylation sites (tertiary alicyclic amines) is 1. The van der Waals surface area contributed by atoms with Gasteiger partial charge in [0.1, 0.15) is 0 Å². The summed E-state index contributed by atoms with van der Waals surface area (Å²) in [7, 11) is 0. The number of allylic oxidation sites excluding steroid dienone is 1. The van der Waals surface area contributed by atoms with Crippen LogP contribution in [0.5, 0.6) is 0 Å². The minimum Gasteiger partial charge on any atom is -0.480 e. The van der Waals surface area contributed by atoms with Gasteiger partial charge in [-0.05, 0) is 31.5 Å². The number of nitrogens with two attached hydrogens (primary N) is 1. The Labute approximate surface area is 145 Å². The number of aromatic nitrogens is 2. The molecule has 3 N–H and O–H groups in total. The van der Waals surface area contributed by atoms with Crippen molar-refractivity contribution in [1.29, 1.82) is 0 Å². The summed E-state index contributed by atoms with van der Waals surface area (Å²) in [5, 5.41) is 8.92. The van der Waals surface area contributed by atoms with Gasteiger partial charge in [-0.3, -0.25) is 19.7 Å². The minimum absolute atomic E-state index is 0.0573. The van der Waals surface area contributed by atoms with Gasteiger partial charge in [0.2, 0.25) is 0 Å². The quantitative estimate of drug-likeness (QED) is 0.801. The lowest BCUT2D eigenvalue weighted by atomic mass is 10.1. The third kappa shape index (κ3) is 4.39. The molecule has 0 radical (unpaired) electrons. The summed E-state index contributed by atoms with van der Waals surface area (Å²) in [6.45, 7) is 1.50. The highest BCUT2D eigenvalue weighted by Crippen LogP contribution is 2.16. The summed E-state index contributed by atoms with van der Waals surface area (Å²) in [6.07, 6.45) is 6.75. The minimum atomic E-state index is -0.807. The number of rotatable bonds is 5. The zero-order valence-corrected chi connectivity index (χ0v) is 13.9. The Bertz CT molecular complexity index is 818. The van der Waals surface area contributed by atoms with Gasteiger partial charge >= 0.3 is 5.97 Å². The highest BCUT2D eigenvalue weighted by molar-refractivity contribution is 6.09. The molecule has 1 saturated heterocycles. The van der Waals surface area contributed by atoms with E-state index in [1.807, 2.05) is 29.2 Å². The molecule has 130 valence electrons. The molecule has 0 aliphatic carbocycles. The Morgan fingerprint density at radius 2 is 2.20 bits per heavy atom. The molecule has 0 spiro atoms. The van der Waals surface area contributed by atoms with Crippen LogP contribution in [0.3, 0.4) is 0 Å². The summed E-state index contributed by atoms with van der Waals surface area (Å²) >= 11 is 0. The Kier molecular flexibility index (Phi) is 5.35. The van der Waals surface area contributed by atoms with Gasteiger partial charge in [-0.15, -0.1) is 0 Å². The van der Waals surface area contributed by atoms with Gasteiger partial charge in [0.05, 0.1) is 35.5 Å². The van der Waals surface area contributed by atoms with Crippen LogP contribution in [0.25, 0.3) is 16.6 Å². The van der Waals surface area contributed by atoms with Crippen LogP contribution in [-0.2, 0) is 4.79 Å². The van der Waals surface area contributed by atoms with E-state index >= 15 is 0 Å². The van der Waals surface area contributed by atoms with Crippen LogP contribution in [0, 0.1) is 0 Å². The number of hydrogen-bond donors (Lipinski definition) is 2. The highest BCUT2D eigenvalue weighted by atomic mass is 16.4. The van der Waals surface area contributed by atoms with E-state index < -0.39 is 5.97 Å². The number of aliphatic carboxylic acids is 1. The van der Waals surface area contributed by atoms with Crippen molar-refractivity contribution in [2.75, 3.05) is 19.6 Å². The molecule has 0 saturated carbocycles. The average Bonchev–Trinajstić information content (AvgIpc) is 2.62. The number of carboxylic acids is 1. The van der Waals surface area contributed by atoms with Gasteiger partial charge in [-0.1, -0.05) is 12.1 Å². The SMILES string of the molecule is NC=C(C=NC1CCCN(CC(=O)O)C1)c1cnc2ccccc2n1. The molecule has 7 nitrogen and oxygen atoms in total. The number of aliphatic imine (C=N–C) groups is 1. The van der Waals surface area contributed by atoms with E-state index in [1.54, 1.807) is 12.4 Å². The van der Waals surface area contributed by atoms with E-state index in [4.69, 9.17) is 10.8 Å². The third-order valence-corrected chi connectivity index (χ3v) is 4.19. The van der Waals surface area contributed by atoms with E-state index in [-0.39, 0.29) is 12.6 Å². The van der Waals surface area contributed by atoms with Crippen molar-refractivity contribution in [3.63, 3.8) is 0 Å². The molecule has 0 amide bonds. The molecule has 0 bridgehead atoms. The first kappa shape index (κ1) is 17.0. The topological polar surface area (TPSA) is 105 Å². The second kappa shape index (κ2) is 7.85. The molecular formula is C18H21N5O2. The van der Waals surface area contributed by atoms with Crippen LogP contribution < -0.4 is 5.73 Å². The van der Waals surface area contributed by atoms with Gasteiger partial charge < -0.3 is 10.8 Å². The van der Waals surface area contributed by atoms with E-state index in [9.17, 15) is 4.79 Å². The van der Waals surface area contributed by atoms with E-state index in [2.05, 4.69) is 15.0 Å². The average molecular weight is 339 g/mol. The highest BCUT2D eigenvalue weighted by Gasteiger charge is 2.20. The lowest BCUT2D eigenvalue weighted by molar-refractivity contribution is -0.138. The molecule has 1 fully saturated rings. The van der Waals surface area contributed by atoms with Crippen molar-refractivity contribution in [2.24, 2.45) is 10.7 Å². The molecule has 1 unspecified atom stereocenters. The molecule has 3 rings (SSSR count). The summed E-state index contributed by atoms with van der Waals surface area (Å²) in [5.41, 5.74) is 8.75. The molecule has 1 aromatic heterocycles. The summed E-state index contributed by atoms with van der Waals surface area (Å²) in [4.78, 5) is 26.3. The molecular weight excluding hydrogens is 318 g/mol.